The first-order valence-electron chi connectivity index (χ1n) is 2.69. The van der Waals surface area contributed by atoms with Crippen LogP contribution in [0.1, 0.15) is 6.42 Å². The maximum Gasteiger partial charge on any atom is 0.326 e. The Labute approximate surface area is 57.3 Å². The van der Waals surface area contributed by atoms with E-state index in [9.17, 15) is 4.79 Å². The third-order valence-electron chi connectivity index (χ3n) is 0.928. The average molecular weight is 142 g/mol. The predicted octanol–water partition coefficient (Wildman–Crippen LogP) is -0.104. The second-order valence-corrected chi connectivity index (χ2v) is 2.79. The van der Waals surface area contributed by atoms with Gasteiger partial charge in [-0.3, -0.25) is 0 Å². The van der Waals surface area contributed by atoms with Crippen LogP contribution in [-0.2, 0) is 4.79 Å². The number of hydrogen-bond donors (Lipinski definition) is 1. The van der Waals surface area contributed by atoms with Crippen LogP contribution in [0.2, 0.25) is 0 Å². The summed E-state index contributed by atoms with van der Waals surface area (Å²) in [4.78, 5) is 10.1. The van der Waals surface area contributed by atoms with Gasteiger partial charge in [0.15, 0.2) is 0 Å². The Morgan fingerprint density at radius 2 is 2.33 bits per heavy atom. The SMILES string of the molecule is C=CC/C=C(\[SiH3])C(=O)O. The van der Waals surface area contributed by atoms with Crippen molar-refractivity contribution >= 4 is 16.2 Å². The second-order valence-electron chi connectivity index (χ2n) is 1.72. The Morgan fingerprint density at radius 3 is 2.67 bits per heavy atom. The smallest absolute Gasteiger partial charge is 0.326 e. The maximum absolute atomic E-state index is 10.1. The van der Waals surface area contributed by atoms with E-state index < -0.39 is 5.97 Å². The van der Waals surface area contributed by atoms with E-state index >= 15 is 0 Å². The summed E-state index contributed by atoms with van der Waals surface area (Å²) in [5.41, 5.74) is 0. The molecule has 9 heavy (non-hydrogen) atoms. The van der Waals surface area contributed by atoms with Gasteiger partial charge in [-0.05, 0) is 6.42 Å². The van der Waals surface area contributed by atoms with Gasteiger partial charge < -0.3 is 5.11 Å². The molecule has 50 valence electrons. The van der Waals surface area contributed by atoms with Crippen LogP contribution in [0.3, 0.4) is 0 Å². The first kappa shape index (κ1) is 8.17. The highest BCUT2D eigenvalue weighted by molar-refractivity contribution is 6.34. The molecule has 0 aliphatic heterocycles. The summed E-state index contributed by atoms with van der Waals surface area (Å²) in [5, 5.41) is 8.85. The van der Waals surface area contributed by atoms with E-state index in [2.05, 4.69) is 6.58 Å². The number of hydrogen-bond acceptors (Lipinski definition) is 1. The molecule has 0 aliphatic rings. The van der Waals surface area contributed by atoms with Gasteiger partial charge in [-0.2, -0.15) is 0 Å². The van der Waals surface area contributed by atoms with Gasteiger partial charge in [0.25, 0.3) is 0 Å². The molecule has 0 unspecified atom stereocenters. The van der Waals surface area contributed by atoms with E-state index in [0.29, 0.717) is 21.9 Å². The zero-order chi connectivity index (χ0) is 7.28. The molecule has 0 rings (SSSR count). The number of rotatable bonds is 3. The van der Waals surface area contributed by atoms with Crippen molar-refractivity contribution in [2.75, 3.05) is 0 Å². The van der Waals surface area contributed by atoms with E-state index in [1.165, 1.54) is 0 Å². The average Bonchev–Trinajstić information content (AvgIpc) is 1.82. The van der Waals surface area contributed by atoms with Crippen molar-refractivity contribution in [2.45, 2.75) is 6.42 Å². The lowest BCUT2D eigenvalue weighted by molar-refractivity contribution is -0.131. The van der Waals surface area contributed by atoms with Crippen LogP contribution in [0.25, 0.3) is 0 Å². The molecule has 0 aromatic rings. The van der Waals surface area contributed by atoms with Gasteiger partial charge in [0.1, 0.15) is 0 Å². The molecule has 0 bridgehead atoms. The van der Waals surface area contributed by atoms with Gasteiger partial charge in [-0.25, -0.2) is 4.79 Å². The first-order valence-corrected chi connectivity index (χ1v) is 3.69. The number of carbonyl (C=O) groups is 1. The molecular formula is C6H10O2Si. The molecule has 0 saturated carbocycles. The summed E-state index contributed by atoms with van der Waals surface area (Å²) in [5.74, 6) is -0.802. The van der Waals surface area contributed by atoms with Crippen LogP contribution in [0.4, 0.5) is 0 Å². The van der Waals surface area contributed by atoms with Crippen LogP contribution >= 0.6 is 0 Å². The minimum atomic E-state index is -0.802. The molecule has 0 spiro atoms. The Kier molecular flexibility index (Phi) is 3.71. The molecule has 0 radical (unpaired) electrons. The standard InChI is InChI=1S/C6H10O2Si/c1-2-3-4-5(9)6(7)8/h2,4H,1,3H2,9H3,(H,7,8)/b5-4-. The molecule has 0 aromatic heterocycles. The summed E-state index contributed by atoms with van der Waals surface area (Å²) >= 11 is 0. The molecular weight excluding hydrogens is 132 g/mol. The summed E-state index contributed by atoms with van der Waals surface area (Å²) in [6, 6.07) is 0. The Morgan fingerprint density at radius 1 is 1.78 bits per heavy atom. The largest absolute Gasteiger partial charge is 0.478 e. The van der Waals surface area contributed by atoms with Crippen molar-refractivity contribution in [3.05, 3.63) is 23.9 Å². The lowest BCUT2D eigenvalue weighted by Gasteiger charge is -1.88. The van der Waals surface area contributed by atoms with Gasteiger partial charge in [0, 0.05) is 15.4 Å². The minimum absolute atomic E-state index is 0.509. The third-order valence-corrected chi connectivity index (χ3v) is 1.76. The maximum atomic E-state index is 10.1. The van der Waals surface area contributed by atoms with Gasteiger partial charge in [0.05, 0.1) is 0 Å². The Hall–Kier alpha value is -0.833. The molecule has 1 N–H and O–H groups in total. The van der Waals surface area contributed by atoms with Crippen molar-refractivity contribution in [1.82, 2.24) is 0 Å². The molecule has 0 atom stereocenters. The lowest BCUT2D eigenvalue weighted by atomic mass is 10.4. The highest BCUT2D eigenvalue weighted by Crippen LogP contribution is 1.90. The monoisotopic (exact) mass is 142 g/mol. The fourth-order valence-corrected chi connectivity index (χ4v) is 0.583. The predicted molar refractivity (Wildman–Crippen MR) is 40.5 cm³/mol. The van der Waals surface area contributed by atoms with Crippen molar-refractivity contribution in [3.63, 3.8) is 0 Å². The molecule has 0 amide bonds. The molecule has 0 aliphatic carbocycles. The van der Waals surface area contributed by atoms with Crippen molar-refractivity contribution < 1.29 is 9.90 Å². The molecule has 0 heterocycles. The molecule has 0 saturated heterocycles. The van der Waals surface area contributed by atoms with E-state index in [4.69, 9.17) is 5.11 Å². The van der Waals surface area contributed by atoms with Crippen molar-refractivity contribution in [3.8, 4) is 0 Å². The van der Waals surface area contributed by atoms with E-state index in [1.54, 1.807) is 12.2 Å². The van der Waals surface area contributed by atoms with E-state index in [1.807, 2.05) is 0 Å². The quantitative estimate of drug-likeness (QED) is 0.339. The fourth-order valence-electron chi connectivity index (χ4n) is 0.347. The zero-order valence-electron chi connectivity index (χ0n) is 5.42. The number of carboxylic acids is 1. The molecule has 0 fully saturated rings. The van der Waals surface area contributed by atoms with Gasteiger partial charge in [0.2, 0.25) is 0 Å². The van der Waals surface area contributed by atoms with Crippen LogP contribution in [-0.4, -0.2) is 21.3 Å². The fraction of sp³-hybridized carbons (Fsp3) is 0.167. The van der Waals surface area contributed by atoms with Crippen LogP contribution < -0.4 is 0 Å². The molecule has 3 heteroatoms. The summed E-state index contributed by atoms with van der Waals surface area (Å²) in [6.45, 7) is 3.47. The summed E-state index contributed by atoms with van der Waals surface area (Å²) in [6.07, 6.45) is 4.02. The van der Waals surface area contributed by atoms with E-state index in [-0.39, 0.29) is 0 Å². The van der Waals surface area contributed by atoms with Crippen molar-refractivity contribution in [1.29, 1.82) is 0 Å². The Balaban J connectivity index is 3.83. The summed E-state index contributed by atoms with van der Waals surface area (Å²) in [7, 11) is 0.602. The highest BCUT2D eigenvalue weighted by Gasteiger charge is 1.95. The van der Waals surface area contributed by atoms with Crippen molar-refractivity contribution in [2.24, 2.45) is 0 Å². The molecule has 2 nitrogen and oxygen atoms in total. The summed E-state index contributed by atoms with van der Waals surface area (Å²) < 4.78 is 0. The Bertz CT molecular complexity index is 149. The molecule has 0 aromatic carbocycles. The van der Waals surface area contributed by atoms with Crippen LogP contribution in [0.15, 0.2) is 23.9 Å². The van der Waals surface area contributed by atoms with Gasteiger partial charge >= 0.3 is 5.97 Å². The van der Waals surface area contributed by atoms with Gasteiger partial charge in [-0.15, -0.1) is 6.58 Å². The highest BCUT2D eigenvalue weighted by atomic mass is 28.1. The van der Waals surface area contributed by atoms with Crippen LogP contribution in [0, 0.1) is 0 Å². The lowest BCUT2D eigenvalue weighted by Crippen LogP contribution is -1.98. The van der Waals surface area contributed by atoms with Gasteiger partial charge in [-0.1, -0.05) is 12.2 Å². The number of carboxylic acid groups (broad SMARTS) is 1. The van der Waals surface area contributed by atoms with Crippen LogP contribution in [0.5, 0.6) is 0 Å². The second kappa shape index (κ2) is 4.09. The normalized spacial score (nSPS) is 11.3. The zero-order valence-corrected chi connectivity index (χ0v) is 7.42. The van der Waals surface area contributed by atoms with E-state index in [0.717, 1.165) is 0 Å². The third kappa shape index (κ3) is 3.73. The number of aliphatic carboxylic acids is 1. The topological polar surface area (TPSA) is 37.3 Å². The minimum Gasteiger partial charge on any atom is -0.478 e. The number of allylic oxidation sites excluding steroid dienone is 2. The first-order chi connectivity index (χ1) is 4.18.